The maximum Gasteiger partial charge on any atom is 0.253 e. The number of hydrogen-bond donors (Lipinski definition) is 3. The van der Waals surface area contributed by atoms with Crippen LogP contribution in [-0.2, 0) is 0 Å². The average Bonchev–Trinajstić information content (AvgIpc) is 3.05. The number of amides is 1. The first-order valence-corrected chi connectivity index (χ1v) is 7.36. The third kappa shape index (κ3) is 1.79. The van der Waals surface area contributed by atoms with Gasteiger partial charge in [-0.05, 0) is 26.0 Å². The highest BCUT2D eigenvalue weighted by atomic mass is 16.1. The van der Waals surface area contributed by atoms with Crippen molar-refractivity contribution in [3.8, 4) is 5.69 Å². The Labute approximate surface area is 136 Å². The van der Waals surface area contributed by atoms with Gasteiger partial charge < -0.3 is 11.5 Å². The largest absolute Gasteiger partial charge is 0.384 e. The third-order valence-corrected chi connectivity index (χ3v) is 4.09. The molecule has 0 aliphatic heterocycles. The zero-order chi connectivity index (χ0) is 17.0. The van der Waals surface area contributed by atoms with Crippen LogP contribution in [0.1, 0.15) is 21.9 Å². The molecular formula is C16H15N7O. The number of anilines is 1. The fraction of sp³-hybridized carbons (Fsp3) is 0.125. The van der Waals surface area contributed by atoms with Crippen molar-refractivity contribution in [2.24, 2.45) is 5.73 Å². The van der Waals surface area contributed by atoms with Gasteiger partial charge in [-0.3, -0.25) is 14.5 Å². The van der Waals surface area contributed by atoms with Crippen molar-refractivity contribution in [3.05, 3.63) is 41.5 Å². The summed E-state index contributed by atoms with van der Waals surface area (Å²) in [5.41, 5.74) is 15.1. The van der Waals surface area contributed by atoms with Gasteiger partial charge in [0.05, 0.1) is 22.2 Å². The molecule has 3 aromatic heterocycles. The van der Waals surface area contributed by atoms with E-state index in [0.717, 1.165) is 22.3 Å². The second kappa shape index (κ2) is 4.79. The molecule has 8 nitrogen and oxygen atoms in total. The van der Waals surface area contributed by atoms with E-state index in [0.29, 0.717) is 16.9 Å². The lowest BCUT2D eigenvalue weighted by molar-refractivity contribution is 0.100. The van der Waals surface area contributed by atoms with Crippen LogP contribution in [0.4, 0.5) is 5.82 Å². The summed E-state index contributed by atoms with van der Waals surface area (Å²) in [5, 5.41) is 8.68. The Morgan fingerprint density at radius 2 is 2.08 bits per heavy atom. The van der Waals surface area contributed by atoms with Gasteiger partial charge >= 0.3 is 0 Å². The molecule has 0 atom stereocenters. The van der Waals surface area contributed by atoms with Crippen LogP contribution in [0.5, 0.6) is 0 Å². The smallest absolute Gasteiger partial charge is 0.253 e. The molecule has 120 valence electrons. The first kappa shape index (κ1) is 14.2. The molecule has 4 aromatic rings. The van der Waals surface area contributed by atoms with Crippen LogP contribution in [0.25, 0.3) is 27.6 Å². The van der Waals surface area contributed by atoms with Gasteiger partial charge in [-0.15, -0.1) is 0 Å². The van der Waals surface area contributed by atoms with Crippen LogP contribution in [0.3, 0.4) is 0 Å². The number of nitrogens with one attached hydrogen (secondary N) is 1. The molecule has 0 aliphatic rings. The van der Waals surface area contributed by atoms with E-state index in [-0.39, 0.29) is 11.4 Å². The molecular weight excluding hydrogens is 306 g/mol. The number of rotatable bonds is 2. The molecule has 0 bridgehead atoms. The quantitative estimate of drug-likeness (QED) is 0.516. The van der Waals surface area contributed by atoms with E-state index in [1.165, 1.54) is 0 Å². The topological polar surface area (TPSA) is 128 Å². The number of carbonyl (C=O) groups excluding carboxylic acids is 1. The van der Waals surface area contributed by atoms with Crippen LogP contribution in [0.2, 0.25) is 0 Å². The lowest BCUT2D eigenvalue weighted by Gasteiger charge is -2.09. The number of benzene rings is 1. The van der Waals surface area contributed by atoms with Gasteiger partial charge in [-0.2, -0.15) is 5.10 Å². The number of nitrogen functional groups attached to an aromatic ring is 1. The normalized spacial score (nSPS) is 11.4. The summed E-state index contributed by atoms with van der Waals surface area (Å²) in [6.07, 6.45) is 1.58. The maximum atomic E-state index is 11.9. The summed E-state index contributed by atoms with van der Waals surface area (Å²) in [5.74, 6) is 0.207. The first-order valence-electron chi connectivity index (χ1n) is 7.36. The summed E-state index contributed by atoms with van der Waals surface area (Å²) < 4.78 is 1.73. The zero-order valence-corrected chi connectivity index (χ0v) is 13.2. The van der Waals surface area contributed by atoms with Crippen LogP contribution in [0.15, 0.2) is 24.4 Å². The summed E-state index contributed by atoms with van der Waals surface area (Å²) in [6, 6.07) is 5.68. The van der Waals surface area contributed by atoms with E-state index in [9.17, 15) is 4.79 Å². The van der Waals surface area contributed by atoms with Gasteiger partial charge in [0.25, 0.3) is 5.91 Å². The van der Waals surface area contributed by atoms with E-state index in [1.807, 2.05) is 25.1 Å². The Morgan fingerprint density at radius 3 is 2.83 bits per heavy atom. The van der Waals surface area contributed by atoms with Crippen LogP contribution in [-0.4, -0.2) is 30.6 Å². The van der Waals surface area contributed by atoms with Gasteiger partial charge in [0.15, 0.2) is 5.65 Å². The number of hydrogen-bond acceptors (Lipinski definition) is 5. The first-order chi connectivity index (χ1) is 11.5. The molecule has 3 heterocycles. The average molecular weight is 321 g/mol. The summed E-state index contributed by atoms with van der Waals surface area (Å²) in [6.45, 7) is 3.70. The molecule has 24 heavy (non-hydrogen) atoms. The molecule has 4 rings (SSSR count). The number of aryl methyl sites for hydroxylation is 2. The number of fused-ring (bicyclic) bond motifs is 2. The second-order valence-electron chi connectivity index (χ2n) is 5.63. The molecule has 0 aliphatic carbocycles. The molecule has 5 N–H and O–H groups in total. The van der Waals surface area contributed by atoms with Crippen molar-refractivity contribution in [1.29, 1.82) is 0 Å². The minimum absolute atomic E-state index is 0.225. The fourth-order valence-corrected chi connectivity index (χ4v) is 3.06. The van der Waals surface area contributed by atoms with Crippen molar-refractivity contribution in [2.45, 2.75) is 13.8 Å². The van der Waals surface area contributed by atoms with Crippen molar-refractivity contribution in [1.82, 2.24) is 24.7 Å². The molecule has 1 aromatic carbocycles. The van der Waals surface area contributed by atoms with E-state index >= 15 is 0 Å². The Bertz CT molecular complexity index is 1120. The minimum atomic E-state index is -0.611. The van der Waals surface area contributed by atoms with Crippen molar-refractivity contribution in [3.63, 3.8) is 0 Å². The lowest BCUT2D eigenvalue weighted by atomic mass is 10.1. The van der Waals surface area contributed by atoms with Gasteiger partial charge in [0.1, 0.15) is 11.6 Å². The van der Waals surface area contributed by atoms with Crippen molar-refractivity contribution >= 4 is 33.7 Å². The van der Waals surface area contributed by atoms with Crippen molar-refractivity contribution in [2.75, 3.05) is 5.73 Å². The maximum absolute atomic E-state index is 11.9. The van der Waals surface area contributed by atoms with Crippen LogP contribution in [0, 0.1) is 13.8 Å². The SMILES string of the molecule is Cc1ncc2c(C(N)=O)c(N)n(-c3cccc4n[nH]c(C)c34)c2n1. The van der Waals surface area contributed by atoms with Crippen molar-refractivity contribution < 1.29 is 4.79 Å². The predicted octanol–water partition coefficient (Wildman–Crippen LogP) is 1.59. The Hall–Kier alpha value is -3.42. The van der Waals surface area contributed by atoms with Gasteiger partial charge in [-0.1, -0.05) is 6.07 Å². The van der Waals surface area contributed by atoms with Crippen LogP contribution < -0.4 is 11.5 Å². The molecule has 0 spiro atoms. The molecule has 0 unspecified atom stereocenters. The number of aromatic nitrogens is 5. The Balaban J connectivity index is 2.21. The second-order valence-corrected chi connectivity index (χ2v) is 5.63. The van der Waals surface area contributed by atoms with E-state index in [2.05, 4.69) is 20.2 Å². The zero-order valence-electron chi connectivity index (χ0n) is 13.2. The standard InChI is InChI=1S/C16H15N7O/c1-7-12-10(22-21-7)4-3-5-11(12)23-14(17)13(15(18)24)9-6-19-8(2)20-16(9)23/h3-6H,17H2,1-2H3,(H2,18,24)(H,21,22). The van der Waals surface area contributed by atoms with E-state index in [4.69, 9.17) is 11.5 Å². The fourth-order valence-electron chi connectivity index (χ4n) is 3.06. The number of nitrogens with two attached hydrogens (primary N) is 2. The van der Waals surface area contributed by atoms with Crippen LogP contribution >= 0.6 is 0 Å². The Kier molecular flexibility index (Phi) is 2.83. The molecule has 0 fully saturated rings. The summed E-state index contributed by atoms with van der Waals surface area (Å²) in [4.78, 5) is 20.5. The molecule has 1 amide bonds. The third-order valence-electron chi connectivity index (χ3n) is 4.09. The lowest BCUT2D eigenvalue weighted by Crippen LogP contribution is -2.13. The monoisotopic (exact) mass is 321 g/mol. The summed E-state index contributed by atoms with van der Waals surface area (Å²) >= 11 is 0. The number of aromatic amines is 1. The van der Waals surface area contributed by atoms with Gasteiger partial charge in [0.2, 0.25) is 0 Å². The minimum Gasteiger partial charge on any atom is -0.384 e. The number of primary amides is 1. The Morgan fingerprint density at radius 1 is 1.29 bits per heavy atom. The predicted molar refractivity (Wildman–Crippen MR) is 90.9 cm³/mol. The molecule has 8 heteroatoms. The highest BCUT2D eigenvalue weighted by Crippen LogP contribution is 2.33. The number of carbonyl (C=O) groups is 1. The molecule has 0 saturated carbocycles. The highest BCUT2D eigenvalue weighted by molar-refractivity contribution is 6.11. The van der Waals surface area contributed by atoms with Gasteiger partial charge in [-0.25, -0.2) is 9.97 Å². The van der Waals surface area contributed by atoms with Gasteiger partial charge in [0, 0.05) is 17.3 Å². The van der Waals surface area contributed by atoms with E-state index in [1.54, 1.807) is 17.7 Å². The number of nitrogens with zero attached hydrogens (tertiary/aromatic N) is 4. The van der Waals surface area contributed by atoms with E-state index < -0.39 is 5.91 Å². The number of H-pyrrole nitrogens is 1. The molecule has 0 saturated heterocycles. The molecule has 0 radical (unpaired) electrons. The highest BCUT2D eigenvalue weighted by Gasteiger charge is 2.23. The summed E-state index contributed by atoms with van der Waals surface area (Å²) in [7, 11) is 0.